The second kappa shape index (κ2) is 9.16. The lowest BCUT2D eigenvalue weighted by atomic mass is 10.3. The van der Waals surface area contributed by atoms with E-state index in [2.05, 4.69) is 10.1 Å². The molecule has 8 nitrogen and oxygen atoms in total. The molecule has 0 atom stereocenters. The molecule has 0 N–H and O–H groups in total. The third kappa shape index (κ3) is 4.94. The van der Waals surface area contributed by atoms with Crippen LogP contribution < -0.4 is 0 Å². The van der Waals surface area contributed by atoms with Crippen LogP contribution in [0.15, 0.2) is 71.0 Å². The highest BCUT2D eigenvalue weighted by atomic mass is 32.2. The number of hydrogen-bond acceptors (Lipinski definition) is 6. The molecular weight excluding hydrogens is 441 g/mol. The zero-order valence-corrected chi connectivity index (χ0v) is 18.1. The first-order valence-electron chi connectivity index (χ1n) is 9.57. The van der Waals surface area contributed by atoms with Crippen molar-refractivity contribution in [2.45, 2.75) is 10.1 Å². The van der Waals surface area contributed by atoms with Gasteiger partial charge in [-0.1, -0.05) is 36.0 Å². The van der Waals surface area contributed by atoms with Gasteiger partial charge in [0.1, 0.15) is 12.1 Å². The Bertz CT molecular complexity index is 1160. The summed E-state index contributed by atoms with van der Waals surface area (Å²) in [6, 6.07) is 14.5. The molecule has 1 aromatic heterocycles. The third-order valence-electron chi connectivity index (χ3n) is 4.84. The topological polar surface area (TPSA) is 88.4 Å². The van der Waals surface area contributed by atoms with Gasteiger partial charge in [0.15, 0.2) is 0 Å². The first kappa shape index (κ1) is 21.5. The van der Waals surface area contributed by atoms with Crippen LogP contribution in [0.1, 0.15) is 0 Å². The fourth-order valence-electron chi connectivity index (χ4n) is 3.19. The molecule has 0 saturated carbocycles. The minimum Gasteiger partial charge on any atom is -0.339 e. The average Bonchev–Trinajstić information content (AvgIpc) is 3.27. The number of piperazine rings is 1. The lowest BCUT2D eigenvalue weighted by Gasteiger charge is -2.34. The molecular formula is C20H20FN5O3S2. The number of amides is 1. The number of carbonyl (C=O) groups excluding carboxylic acids is 1. The fourth-order valence-corrected chi connectivity index (χ4v) is 5.35. The van der Waals surface area contributed by atoms with Crippen molar-refractivity contribution in [2.75, 3.05) is 31.9 Å². The van der Waals surface area contributed by atoms with Gasteiger partial charge in [0.25, 0.3) is 0 Å². The number of benzene rings is 2. The Hall–Kier alpha value is -2.76. The minimum atomic E-state index is -3.79. The predicted molar refractivity (Wildman–Crippen MR) is 114 cm³/mol. The van der Waals surface area contributed by atoms with Gasteiger partial charge in [-0.15, -0.1) is 5.10 Å². The number of para-hydroxylation sites is 1. The quantitative estimate of drug-likeness (QED) is 0.522. The maximum Gasteiger partial charge on any atom is 0.243 e. The smallest absolute Gasteiger partial charge is 0.243 e. The number of rotatable bonds is 6. The Morgan fingerprint density at radius 1 is 1.03 bits per heavy atom. The summed E-state index contributed by atoms with van der Waals surface area (Å²) in [6.07, 6.45) is 1.60. The van der Waals surface area contributed by atoms with E-state index in [-0.39, 0.29) is 42.7 Å². The van der Waals surface area contributed by atoms with Gasteiger partial charge in [0, 0.05) is 26.2 Å². The van der Waals surface area contributed by atoms with E-state index >= 15 is 0 Å². The number of aromatic nitrogens is 3. The summed E-state index contributed by atoms with van der Waals surface area (Å²) < 4.78 is 41.7. The summed E-state index contributed by atoms with van der Waals surface area (Å²) in [7, 11) is -3.79. The van der Waals surface area contributed by atoms with Gasteiger partial charge in [-0.05, 0) is 30.3 Å². The molecule has 2 aromatic carbocycles. The van der Waals surface area contributed by atoms with Crippen molar-refractivity contribution >= 4 is 27.7 Å². The minimum absolute atomic E-state index is 0.0806. The Kier molecular flexibility index (Phi) is 6.35. The van der Waals surface area contributed by atoms with Crippen molar-refractivity contribution in [3.05, 3.63) is 66.7 Å². The number of nitrogens with zero attached hydrogens (tertiary/aromatic N) is 5. The highest BCUT2D eigenvalue weighted by Crippen LogP contribution is 2.20. The zero-order chi connectivity index (χ0) is 21.8. The number of hydrogen-bond donors (Lipinski definition) is 0. The lowest BCUT2D eigenvalue weighted by Crippen LogP contribution is -2.51. The van der Waals surface area contributed by atoms with E-state index in [0.29, 0.717) is 5.16 Å². The van der Waals surface area contributed by atoms with Gasteiger partial charge >= 0.3 is 0 Å². The summed E-state index contributed by atoms with van der Waals surface area (Å²) in [5.74, 6) is -0.547. The molecule has 31 heavy (non-hydrogen) atoms. The van der Waals surface area contributed by atoms with Crippen molar-refractivity contribution in [2.24, 2.45) is 0 Å². The molecule has 4 rings (SSSR count). The van der Waals surface area contributed by atoms with Crippen LogP contribution >= 0.6 is 11.8 Å². The molecule has 1 amide bonds. The van der Waals surface area contributed by atoms with Crippen molar-refractivity contribution in [1.29, 1.82) is 0 Å². The van der Waals surface area contributed by atoms with E-state index in [4.69, 9.17) is 0 Å². The van der Waals surface area contributed by atoms with Crippen molar-refractivity contribution in [1.82, 2.24) is 24.0 Å². The van der Waals surface area contributed by atoms with E-state index in [0.717, 1.165) is 11.8 Å². The molecule has 3 aromatic rings. The summed E-state index contributed by atoms with van der Waals surface area (Å²) in [5.41, 5.74) is 0.879. The van der Waals surface area contributed by atoms with Crippen LogP contribution in [0.3, 0.4) is 0 Å². The molecule has 0 unspecified atom stereocenters. The van der Waals surface area contributed by atoms with Crippen LogP contribution in [0, 0.1) is 5.82 Å². The molecule has 0 bridgehead atoms. The summed E-state index contributed by atoms with van der Waals surface area (Å²) in [5, 5.41) is 4.85. The molecule has 162 valence electrons. The van der Waals surface area contributed by atoms with Crippen LogP contribution in [-0.2, 0) is 14.8 Å². The molecule has 0 aliphatic carbocycles. The van der Waals surface area contributed by atoms with E-state index in [1.54, 1.807) is 15.9 Å². The SMILES string of the molecule is O=C(CSc1ncn(-c2ccccc2)n1)N1CCN(S(=O)(=O)c2cccc(F)c2)CC1. The van der Waals surface area contributed by atoms with Gasteiger partial charge in [-0.3, -0.25) is 4.79 Å². The van der Waals surface area contributed by atoms with E-state index in [1.807, 2.05) is 30.3 Å². The van der Waals surface area contributed by atoms with Crippen molar-refractivity contribution < 1.29 is 17.6 Å². The summed E-state index contributed by atoms with van der Waals surface area (Å²) in [4.78, 5) is 18.3. The lowest BCUT2D eigenvalue weighted by molar-refractivity contribution is -0.129. The van der Waals surface area contributed by atoms with Crippen molar-refractivity contribution in [3.8, 4) is 5.69 Å². The van der Waals surface area contributed by atoms with Crippen LogP contribution in [0.25, 0.3) is 5.69 Å². The van der Waals surface area contributed by atoms with Gasteiger partial charge in [0.2, 0.25) is 21.1 Å². The predicted octanol–water partition coefficient (Wildman–Crippen LogP) is 2.03. The molecule has 0 radical (unpaired) electrons. The van der Waals surface area contributed by atoms with Gasteiger partial charge in [0.05, 0.1) is 16.3 Å². The molecule has 11 heteroatoms. The Labute approximate surface area is 183 Å². The molecule has 1 fully saturated rings. The Morgan fingerprint density at radius 2 is 1.77 bits per heavy atom. The second-order valence-electron chi connectivity index (χ2n) is 6.84. The van der Waals surface area contributed by atoms with E-state index < -0.39 is 15.8 Å². The van der Waals surface area contributed by atoms with Gasteiger partial charge in [-0.2, -0.15) is 4.31 Å². The normalized spacial score (nSPS) is 15.2. The van der Waals surface area contributed by atoms with Gasteiger partial charge < -0.3 is 4.90 Å². The first-order chi connectivity index (χ1) is 14.9. The highest BCUT2D eigenvalue weighted by Gasteiger charge is 2.30. The molecule has 1 aliphatic rings. The zero-order valence-electron chi connectivity index (χ0n) is 16.5. The van der Waals surface area contributed by atoms with Crippen LogP contribution in [0.2, 0.25) is 0 Å². The van der Waals surface area contributed by atoms with Crippen LogP contribution in [0.5, 0.6) is 0 Å². The Morgan fingerprint density at radius 3 is 2.48 bits per heavy atom. The molecule has 1 aliphatic heterocycles. The molecule has 0 spiro atoms. The fraction of sp³-hybridized carbons (Fsp3) is 0.250. The first-order valence-corrected chi connectivity index (χ1v) is 12.0. The maximum absolute atomic E-state index is 13.4. The second-order valence-corrected chi connectivity index (χ2v) is 9.72. The highest BCUT2D eigenvalue weighted by molar-refractivity contribution is 7.99. The molecule has 1 saturated heterocycles. The summed E-state index contributed by atoms with van der Waals surface area (Å²) >= 11 is 1.23. The monoisotopic (exact) mass is 461 g/mol. The van der Waals surface area contributed by atoms with E-state index in [9.17, 15) is 17.6 Å². The Balaban J connectivity index is 1.30. The summed E-state index contributed by atoms with van der Waals surface area (Å²) in [6.45, 7) is 0.881. The number of sulfonamides is 1. The number of thioether (sulfide) groups is 1. The van der Waals surface area contributed by atoms with E-state index in [1.165, 1.54) is 34.3 Å². The van der Waals surface area contributed by atoms with Gasteiger partial charge in [-0.25, -0.2) is 22.5 Å². The van der Waals surface area contributed by atoms with Crippen molar-refractivity contribution in [3.63, 3.8) is 0 Å². The molecule has 2 heterocycles. The van der Waals surface area contributed by atoms with Crippen LogP contribution in [-0.4, -0.2) is 70.2 Å². The third-order valence-corrected chi connectivity index (χ3v) is 7.57. The number of carbonyl (C=O) groups is 1. The number of halogens is 1. The maximum atomic E-state index is 13.4. The van der Waals surface area contributed by atoms with Crippen LogP contribution in [0.4, 0.5) is 4.39 Å². The standard InChI is InChI=1S/C20H20FN5O3S2/c21-16-5-4-8-18(13-16)31(28,29)25-11-9-24(10-12-25)19(27)14-30-20-22-15-26(23-20)17-6-2-1-3-7-17/h1-8,13,15H,9-12,14H2. The largest absolute Gasteiger partial charge is 0.339 e. The average molecular weight is 462 g/mol.